The van der Waals surface area contributed by atoms with E-state index in [-0.39, 0.29) is 5.82 Å². The quantitative estimate of drug-likeness (QED) is 0.587. The average molecular weight is 204 g/mol. The average Bonchev–Trinajstić information content (AvgIpc) is 2.22. The molecule has 2 aromatic carbocycles. The van der Waals surface area contributed by atoms with Gasteiger partial charge in [0, 0.05) is 5.39 Å². The van der Waals surface area contributed by atoms with Gasteiger partial charge in [-0.15, -0.1) is 0 Å². The third kappa shape index (κ3) is 2.56. The lowest BCUT2D eigenvalue weighted by atomic mass is 10.0. The topological polar surface area (TPSA) is 0 Å². The molecule has 0 nitrogen and oxygen atoms in total. The zero-order valence-electron chi connectivity index (χ0n) is 9.76. The molecule has 0 aliphatic heterocycles. The Morgan fingerprint density at radius 1 is 0.867 bits per heavy atom. The van der Waals surface area contributed by atoms with E-state index in [2.05, 4.69) is 0 Å². The Balaban J connectivity index is 0.000000531. The van der Waals surface area contributed by atoms with Gasteiger partial charge in [0.25, 0.3) is 0 Å². The van der Waals surface area contributed by atoms with Gasteiger partial charge in [0.2, 0.25) is 0 Å². The first kappa shape index (κ1) is 11.7. The van der Waals surface area contributed by atoms with Gasteiger partial charge in [-0.25, -0.2) is 4.39 Å². The lowest BCUT2D eigenvalue weighted by Gasteiger charge is -2.02. The summed E-state index contributed by atoms with van der Waals surface area (Å²) >= 11 is 0. The first-order valence-corrected chi connectivity index (χ1v) is 5.33. The standard InChI is InChI=1S/C12H11F.C2H6/c1-8-3-4-10-5-9(2)7-12(13)11(10)6-8;1-2/h3-7H,1-2H3;1-2H3. The first-order chi connectivity index (χ1) is 7.16. The van der Waals surface area contributed by atoms with Crippen LogP contribution in [0.2, 0.25) is 0 Å². The van der Waals surface area contributed by atoms with Crippen molar-refractivity contribution in [3.63, 3.8) is 0 Å². The van der Waals surface area contributed by atoms with Crippen LogP contribution in [0.3, 0.4) is 0 Å². The maximum Gasteiger partial charge on any atom is 0.131 e. The van der Waals surface area contributed by atoms with Crippen LogP contribution < -0.4 is 0 Å². The molecule has 0 unspecified atom stereocenters. The molecule has 0 heterocycles. The highest BCUT2D eigenvalue weighted by Crippen LogP contribution is 2.20. The Labute approximate surface area is 90.7 Å². The number of hydrogen-bond acceptors (Lipinski definition) is 0. The van der Waals surface area contributed by atoms with E-state index in [0.29, 0.717) is 5.39 Å². The van der Waals surface area contributed by atoms with Gasteiger partial charge in [-0.2, -0.15) is 0 Å². The van der Waals surface area contributed by atoms with Crippen LogP contribution in [-0.4, -0.2) is 0 Å². The highest BCUT2D eigenvalue weighted by atomic mass is 19.1. The van der Waals surface area contributed by atoms with Gasteiger partial charge >= 0.3 is 0 Å². The highest BCUT2D eigenvalue weighted by molar-refractivity contribution is 5.84. The van der Waals surface area contributed by atoms with Gasteiger partial charge in [-0.3, -0.25) is 0 Å². The van der Waals surface area contributed by atoms with E-state index in [1.54, 1.807) is 6.07 Å². The van der Waals surface area contributed by atoms with Crippen LogP contribution in [0.4, 0.5) is 4.39 Å². The van der Waals surface area contributed by atoms with Crippen LogP contribution in [0.25, 0.3) is 10.8 Å². The third-order valence-electron chi connectivity index (χ3n) is 2.20. The van der Waals surface area contributed by atoms with E-state index in [4.69, 9.17) is 0 Å². The summed E-state index contributed by atoms with van der Waals surface area (Å²) in [5.74, 6) is -0.126. The molecule has 0 aliphatic rings. The molecule has 0 N–H and O–H groups in total. The lowest BCUT2D eigenvalue weighted by Crippen LogP contribution is -1.83. The number of benzene rings is 2. The monoisotopic (exact) mass is 204 g/mol. The van der Waals surface area contributed by atoms with Crippen LogP contribution in [0.15, 0.2) is 30.3 Å². The zero-order valence-corrected chi connectivity index (χ0v) is 9.76. The summed E-state index contributed by atoms with van der Waals surface area (Å²) < 4.78 is 13.4. The molecule has 0 saturated carbocycles. The number of halogens is 1. The summed E-state index contributed by atoms with van der Waals surface area (Å²) in [5, 5.41) is 1.69. The molecule has 0 atom stereocenters. The minimum atomic E-state index is -0.126. The molecule has 0 radical (unpaired) electrons. The van der Waals surface area contributed by atoms with Crippen LogP contribution >= 0.6 is 0 Å². The molecule has 0 aliphatic carbocycles. The maximum atomic E-state index is 13.4. The Bertz CT molecular complexity index is 458. The van der Waals surface area contributed by atoms with Gasteiger partial charge in [0.15, 0.2) is 0 Å². The fraction of sp³-hybridized carbons (Fsp3) is 0.286. The van der Waals surface area contributed by atoms with Crippen LogP contribution in [0.1, 0.15) is 25.0 Å². The first-order valence-electron chi connectivity index (χ1n) is 5.33. The third-order valence-corrected chi connectivity index (χ3v) is 2.20. The van der Waals surface area contributed by atoms with E-state index in [1.807, 2.05) is 52.0 Å². The van der Waals surface area contributed by atoms with E-state index >= 15 is 0 Å². The molecule has 0 aromatic heterocycles. The minimum Gasteiger partial charge on any atom is -0.206 e. The minimum absolute atomic E-state index is 0.126. The Hall–Kier alpha value is -1.37. The number of rotatable bonds is 0. The summed E-state index contributed by atoms with van der Waals surface area (Å²) in [7, 11) is 0. The van der Waals surface area contributed by atoms with Crippen LogP contribution in [-0.2, 0) is 0 Å². The second kappa shape index (κ2) is 4.92. The van der Waals surface area contributed by atoms with Gasteiger partial charge in [-0.1, -0.05) is 37.6 Å². The lowest BCUT2D eigenvalue weighted by molar-refractivity contribution is 0.638. The Morgan fingerprint density at radius 2 is 1.53 bits per heavy atom. The van der Waals surface area contributed by atoms with E-state index in [9.17, 15) is 4.39 Å². The Morgan fingerprint density at radius 3 is 2.20 bits per heavy atom. The summed E-state index contributed by atoms with van der Waals surface area (Å²) in [6, 6.07) is 9.41. The van der Waals surface area contributed by atoms with Crippen molar-refractivity contribution in [3.8, 4) is 0 Å². The molecule has 0 bridgehead atoms. The molecular formula is C14H17F. The predicted octanol–water partition coefficient (Wildman–Crippen LogP) is 4.62. The van der Waals surface area contributed by atoms with Crippen molar-refractivity contribution in [2.75, 3.05) is 0 Å². The summed E-state index contributed by atoms with van der Waals surface area (Å²) in [5.41, 5.74) is 2.06. The molecule has 0 amide bonds. The molecule has 2 aromatic rings. The van der Waals surface area contributed by atoms with E-state index in [1.165, 1.54) is 0 Å². The molecule has 0 spiro atoms. The predicted molar refractivity (Wildman–Crippen MR) is 64.7 cm³/mol. The van der Waals surface area contributed by atoms with Crippen molar-refractivity contribution in [2.45, 2.75) is 27.7 Å². The second-order valence-corrected chi connectivity index (χ2v) is 3.47. The van der Waals surface area contributed by atoms with E-state index in [0.717, 1.165) is 16.5 Å². The second-order valence-electron chi connectivity index (χ2n) is 3.47. The van der Waals surface area contributed by atoms with Crippen molar-refractivity contribution >= 4 is 10.8 Å². The molecule has 15 heavy (non-hydrogen) atoms. The van der Waals surface area contributed by atoms with Crippen molar-refractivity contribution < 1.29 is 4.39 Å². The molecule has 80 valence electrons. The van der Waals surface area contributed by atoms with Gasteiger partial charge in [-0.05, 0) is 36.9 Å². The molecule has 2 rings (SSSR count). The highest BCUT2D eigenvalue weighted by Gasteiger charge is 2.01. The van der Waals surface area contributed by atoms with Crippen molar-refractivity contribution in [3.05, 3.63) is 47.3 Å². The van der Waals surface area contributed by atoms with Crippen molar-refractivity contribution in [1.29, 1.82) is 0 Å². The van der Waals surface area contributed by atoms with Gasteiger partial charge in [0.1, 0.15) is 5.82 Å². The van der Waals surface area contributed by atoms with Crippen LogP contribution in [0, 0.1) is 19.7 Å². The van der Waals surface area contributed by atoms with E-state index < -0.39 is 0 Å². The number of fused-ring (bicyclic) bond motifs is 1. The fourth-order valence-electron chi connectivity index (χ4n) is 1.57. The Kier molecular flexibility index (Phi) is 3.84. The summed E-state index contributed by atoms with van der Waals surface area (Å²) in [6.07, 6.45) is 0. The zero-order chi connectivity index (χ0) is 11.4. The van der Waals surface area contributed by atoms with Crippen LogP contribution in [0.5, 0.6) is 0 Å². The fourth-order valence-corrected chi connectivity index (χ4v) is 1.57. The molecular weight excluding hydrogens is 187 g/mol. The summed E-state index contributed by atoms with van der Waals surface area (Å²) in [4.78, 5) is 0. The van der Waals surface area contributed by atoms with Crippen molar-refractivity contribution in [1.82, 2.24) is 0 Å². The number of aryl methyl sites for hydroxylation is 2. The molecule has 1 heteroatoms. The SMILES string of the molecule is CC.Cc1cc(F)c2cc(C)ccc2c1. The van der Waals surface area contributed by atoms with Crippen molar-refractivity contribution in [2.24, 2.45) is 0 Å². The molecule has 0 fully saturated rings. The smallest absolute Gasteiger partial charge is 0.131 e. The van der Waals surface area contributed by atoms with Gasteiger partial charge in [0.05, 0.1) is 0 Å². The largest absolute Gasteiger partial charge is 0.206 e. The van der Waals surface area contributed by atoms with Gasteiger partial charge < -0.3 is 0 Å². The summed E-state index contributed by atoms with van der Waals surface area (Å²) in [6.45, 7) is 7.88. The number of hydrogen-bond donors (Lipinski definition) is 0. The normalized spacial score (nSPS) is 9.67. The molecule has 0 saturated heterocycles. The maximum absolute atomic E-state index is 13.4.